The zero-order chi connectivity index (χ0) is 7.33. The van der Waals surface area contributed by atoms with E-state index >= 15 is 0 Å². The van der Waals surface area contributed by atoms with Crippen molar-refractivity contribution in [2.45, 2.75) is 6.92 Å². The molecule has 0 aliphatic rings. The summed E-state index contributed by atoms with van der Waals surface area (Å²) in [5, 5.41) is 0. The molecule has 0 aromatic rings. The minimum Gasteiger partial charge on any atom is -0.778 e. The van der Waals surface area contributed by atoms with Gasteiger partial charge in [-0.15, -0.1) is 0 Å². The molecule has 3 nitrogen and oxygen atoms in total. The standard InChI is InChI=1S/C4H11O3PS.Na/c1-3-7-8(5,6)4-9-2;/h3-4H2,1-2H3,(H,5,6);/q;+1/p-1. The van der Waals surface area contributed by atoms with E-state index in [1.165, 1.54) is 11.8 Å². The van der Waals surface area contributed by atoms with E-state index in [9.17, 15) is 9.46 Å². The third-order valence-electron chi connectivity index (χ3n) is 0.613. The van der Waals surface area contributed by atoms with E-state index < -0.39 is 7.60 Å². The van der Waals surface area contributed by atoms with E-state index in [1.807, 2.05) is 0 Å². The third-order valence-corrected chi connectivity index (χ3v) is 3.56. The number of hydrogen-bond donors (Lipinski definition) is 0. The fourth-order valence-electron chi connectivity index (χ4n) is 0.392. The second kappa shape index (κ2) is 7.17. The monoisotopic (exact) mass is 192 g/mol. The Bertz CT molecular complexity index is 111. The average Bonchev–Trinajstić information content (AvgIpc) is 1.64. The normalized spacial score (nSPS) is 15.5. The van der Waals surface area contributed by atoms with Crippen molar-refractivity contribution in [1.29, 1.82) is 0 Å². The van der Waals surface area contributed by atoms with Crippen molar-refractivity contribution in [1.82, 2.24) is 0 Å². The summed E-state index contributed by atoms with van der Waals surface area (Å²) in [6, 6.07) is 0. The Balaban J connectivity index is 0. The van der Waals surface area contributed by atoms with Crippen molar-refractivity contribution < 1.29 is 43.5 Å². The van der Waals surface area contributed by atoms with Gasteiger partial charge in [-0.05, 0) is 13.2 Å². The van der Waals surface area contributed by atoms with Crippen LogP contribution in [-0.2, 0) is 9.09 Å². The quantitative estimate of drug-likeness (QED) is 0.378. The summed E-state index contributed by atoms with van der Waals surface area (Å²) in [5.74, 6) is 0. The molecule has 0 bridgehead atoms. The van der Waals surface area contributed by atoms with Gasteiger partial charge in [0.25, 0.3) is 0 Å². The van der Waals surface area contributed by atoms with Gasteiger partial charge in [0, 0.05) is 0 Å². The smallest absolute Gasteiger partial charge is 0.778 e. The van der Waals surface area contributed by atoms with Crippen LogP contribution in [-0.4, -0.2) is 18.4 Å². The molecule has 0 aromatic heterocycles. The van der Waals surface area contributed by atoms with E-state index in [0.29, 0.717) is 0 Å². The van der Waals surface area contributed by atoms with Gasteiger partial charge in [-0.3, -0.25) is 0 Å². The molecule has 0 aromatic carbocycles. The molecule has 0 amide bonds. The second-order valence-corrected chi connectivity index (χ2v) is 4.54. The summed E-state index contributed by atoms with van der Waals surface area (Å²) >= 11 is 1.25. The number of thioether (sulfide) groups is 1. The molecule has 0 aliphatic heterocycles. The van der Waals surface area contributed by atoms with Gasteiger partial charge < -0.3 is 14.0 Å². The molecule has 0 spiro atoms. The third kappa shape index (κ3) is 7.61. The van der Waals surface area contributed by atoms with Crippen molar-refractivity contribution >= 4 is 19.4 Å². The molecule has 0 fully saturated rings. The van der Waals surface area contributed by atoms with E-state index in [2.05, 4.69) is 4.52 Å². The predicted octanol–water partition coefficient (Wildman–Crippen LogP) is -2.10. The Kier molecular flexibility index (Phi) is 10.1. The summed E-state index contributed by atoms with van der Waals surface area (Å²) in [6.45, 7) is 1.90. The first-order valence-corrected chi connectivity index (χ1v) is 5.68. The summed E-state index contributed by atoms with van der Waals surface area (Å²) < 4.78 is 15.1. The topological polar surface area (TPSA) is 49.4 Å². The van der Waals surface area contributed by atoms with Crippen molar-refractivity contribution in [2.75, 3.05) is 18.4 Å². The molecule has 0 aliphatic carbocycles. The van der Waals surface area contributed by atoms with E-state index in [4.69, 9.17) is 0 Å². The van der Waals surface area contributed by atoms with Crippen LogP contribution in [0.1, 0.15) is 6.92 Å². The number of rotatable bonds is 4. The van der Waals surface area contributed by atoms with Gasteiger partial charge in [0.15, 0.2) is 0 Å². The molecule has 0 saturated heterocycles. The van der Waals surface area contributed by atoms with Crippen LogP contribution in [0.5, 0.6) is 0 Å². The fraction of sp³-hybridized carbons (Fsp3) is 1.00. The van der Waals surface area contributed by atoms with Crippen molar-refractivity contribution in [3.8, 4) is 0 Å². The Hall–Kier alpha value is 1.50. The molecule has 1 atom stereocenters. The van der Waals surface area contributed by atoms with Crippen LogP contribution in [0.25, 0.3) is 0 Å². The molecule has 56 valence electrons. The molecular formula is C4H10NaO3PS. The molecule has 6 heteroatoms. The van der Waals surface area contributed by atoms with Crippen LogP contribution < -0.4 is 34.5 Å². The maximum absolute atomic E-state index is 10.6. The Labute approximate surface area is 87.7 Å². The minimum absolute atomic E-state index is 0. The largest absolute Gasteiger partial charge is 1.00 e. The fourth-order valence-corrected chi connectivity index (χ4v) is 2.35. The minimum atomic E-state index is -3.48. The average molecular weight is 192 g/mol. The summed E-state index contributed by atoms with van der Waals surface area (Å²) in [6.07, 6.45) is 1.73. The molecule has 0 saturated carbocycles. The van der Waals surface area contributed by atoms with Crippen LogP contribution in [0.2, 0.25) is 0 Å². The first-order chi connectivity index (χ1) is 4.12. The molecule has 0 heterocycles. The van der Waals surface area contributed by atoms with Crippen LogP contribution in [0.15, 0.2) is 0 Å². The van der Waals surface area contributed by atoms with Gasteiger partial charge in [-0.2, -0.15) is 11.8 Å². The molecule has 10 heavy (non-hydrogen) atoms. The van der Waals surface area contributed by atoms with Gasteiger partial charge in [0.05, 0.1) is 12.1 Å². The van der Waals surface area contributed by atoms with Gasteiger partial charge in [-0.25, -0.2) is 0 Å². The van der Waals surface area contributed by atoms with E-state index in [-0.39, 0.29) is 41.7 Å². The van der Waals surface area contributed by atoms with Crippen molar-refractivity contribution in [3.63, 3.8) is 0 Å². The second-order valence-electron chi connectivity index (χ2n) is 1.45. The van der Waals surface area contributed by atoms with Crippen LogP contribution in [0, 0.1) is 0 Å². The maximum Gasteiger partial charge on any atom is 1.00 e. The Morgan fingerprint density at radius 3 is 2.50 bits per heavy atom. The van der Waals surface area contributed by atoms with Crippen LogP contribution in [0.4, 0.5) is 0 Å². The Morgan fingerprint density at radius 1 is 1.70 bits per heavy atom. The zero-order valence-corrected chi connectivity index (χ0v) is 10.2. The number of hydrogen-bond acceptors (Lipinski definition) is 4. The molecule has 0 rings (SSSR count). The van der Waals surface area contributed by atoms with E-state index in [0.717, 1.165) is 0 Å². The van der Waals surface area contributed by atoms with E-state index in [1.54, 1.807) is 13.2 Å². The first-order valence-electron chi connectivity index (χ1n) is 2.56. The first kappa shape index (κ1) is 14.0. The van der Waals surface area contributed by atoms with Gasteiger partial charge in [0.2, 0.25) is 0 Å². The van der Waals surface area contributed by atoms with Crippen molar-refractivity contribution in [3.05, 3.63) is 0 Å². The van der Waals surface area contributed by atoms with Crippen LogP contribution in [0.3, 0.4) is 0 Å². The van der Waals surface area contributed by atoms with Gasteiger partial charge >= 0.3 is 29.6 Å². The molecule has 0 N–H and O–H groups in total. The molecular weight excluding hydrogens is 182 g/mol. The predicted molar refractivity (Wildman–Crippen MR) is 37.6 cm³/mol. The molecule has 1 unspecified atom stereocenters. The van der Waals surface area contributed by atoms with Gasteiger partial charge in [-0.1, -0.05) is 0 Å². The van der Waals surface area contributed by atoms with Gasteiger partial charge in [0.1, 0.15) is 7.60 Å². The SMILES string of the molecule is CCOP(=O)([O-])CSC.[Na+]. The summed E-state index contributed by atoms with van der Waals surface area (Å²) in [7, 11) is -3.48. The Morgan fingerprint density at radius 2 is 2.20 bits per heavy atom. The summed E-state index contributed by atoms with van der Waals surface area (Å²) in [5.41, 5.74) is 0.0703. The zero-order valence-electron chi connectivity index (χ0n) is 6.49. The van der Waals surface area contributed by atoms with Crippen molar-refractivity contribution in [2.24, 2.45) is 0 Å². The molecule has 0 radical (unpaired) electrons. The van der Waals surface area contributed by atoms with Crippen LogP contribution >= 0.6 is 19.4 Å². The maximum atomic E-state index is 10.6. The summed E-state index contributed by atoms with van der Waals surface area (Å²) in [4.78, 5) is 10.6.